The van der Waals surface area contributed by atoms with E-state index < -0.39 is 0 Å². The molecule has 2 aromatic carbocycles. The molecule has 0 aromatic heterocycles. The first-order valence-electron chi connectivity index (χ1n) is 6.98. The van der Waals surface area contributed by atoms with Gasteiger partial charge in [-0.15, -0.1) is 0 Å². The van der Waals surface area contributed by atoms with Crippen LogP contribution < -0.4 is 19.6 Å². The number of methoxy groups -OCH3 is 3. The van der Waals surface area contributed by atoms with Gasteiger partial charge in [0.1, 0.15) is 0 Å². The summed E-state index contributed by atoms with van der Waals surface area (Å²) in [6.45, 7) is 0. The minimum atomic E-state index is -0.280. The van der Waals surface area contributed by atoms with Crippen LogP contribution in [-0.4, -0.2) is 33.5 Å². The van der Waals surface area contributed by atoms with Crippen LogP contribution in [0.1, 0.15) is 15.9 Å². The fourth-order valence-corrected chi connectivity index (χ4v) is 2.58. The minimum absolute atomic E-state index is 0.280. The summed E-state index contributed by atoms with van der Waals surface area (Å²) in [5.41, 5.74) is 3.74. The van der Waals surface area contributed by atoms with Gasteiger partial charge in [0.25, 0.3) is 5.91 Å². The molecule has 0 unspecified atom stereocenters. The van der Waals surface area contributed by atoms with Gasteiger partial charge in [-0.1, -0.05) is 6.07 Å². The van der Waals surface area contributed by atoms with Crippen molar-refractivity contribution in [2.24, 2.45) is 5.10 Å². The molecular weight excluding hydrogens is 423 g/mol. The topological polar surface area (TPSA) is 69.2 Å². The lowest BCUT2D eigenvalue weighted by Gasteiger charge is -2.12. The third-order valence-corrected chi connectivity index (χ3v) is 3.82. The fourth-order valence-electron chi connectivity index (χ4n) is 2.04. The average Bonchev–Trinajstić information content (AvgIpc) is 2.60. The predicted octanol–water partition coefficient (Wildman–Crippen LogP) is 3.08. The van der Waals surface area contributed by atoms with Gasteiger partial charge in [-0.05, 0) is 52.9 Å². The molecule has 7 heteroatoms. The number of hydrazone groups is 1. The van der Waals surface area contributed by atoms with Crippen LogP contribution in [0.25, 0.3) is 0 Å². The number of rotatable bonds is 6. The van der Waals surface area contributed by atoms with E-state index in [1.807, 2.05) is 12.1 Å². The Morgan fingerprint density at radius 3 is 2.29 bits per heavy atom. The molecule has 24 heavy (non-hydrogen) atoms. The van der Waals surface area contributed by atoms with Crippen molar-refractivity contribution in [2.45, 2.75) is 0 Å². The molecule has 0 atom stereocenters. The third-order valence-electron chi connectivity index (χ3n) is 3.15. The highest BCUT2D eigenvalue weighted by atomic mass is 127. The molecule has 0 bridgehead atoms. The lowest BCUT2D eigenvalue weighted by Crippen LogP contribution is -2.17. The van der Waals surface area contributed by atoms with Crippen LogP contribution in [-0.2, 0) is 0 Å². The summed E-state index contributed by atoms with van der Waals surface area (Å²) in [7, 11) is 4.61. The van der Waals surface area contributed by atoms with Crippen molar-refractivity contribution in [3.05, 3.63) is 51.1 Å². The number of benzene rings is 2. The minimum Gasteiger partial charge on any atom is -0.493 e. The standard InChI is InChI=1S/C17H17IN2O4/c1-22-14-7-11(8-15(23-2)16(14)24-3)10-19-20-17(21)12-5-4-6-13(18)9-12/h4-10H,1-3H3,(H,20,21)/b19-10-. The Labute approximate surface area is 153 Å². The number of ether oxygens (including phenoxy) is 3. The average molecular weight is 440 g/mol. The van der Waals surface area contributed by atoms with E-state index in [1.54, 1.807) is 24.3 Å². The predicted molar refractivity (Wildman–Crippen MR) is 100 cm³/mol. The van der Waals surface area contributed by atoms with Crippen molar-refractivity contribution in [1.29, 1.82) is 0 Å². The van der Waals surface area contributed by atoms with Crippen molar-refractivity contribution >= 4 is 34.7 Å². The van der Waals surface area contributed by atoms with E-state index in [1.165, 1.54) is 27.5 Å². The Morgan fingerprint density at radius 1 is 1.08 bits per heavy atom. The molecular formula is C17H17IN2O4. The fraction of sp³-hybridized carbons (Fsp3) is 0.176. The Hall–Kier alpha value is -2.29. The maximum atomic E-state index is 12.0. The second kappa shape index (κ2) is 8.53. The first-order chi connectivity index (χ1) is 11.6. The van der Waals surface area contributed by atoms with E-state index in [2.05, 4.69) is 33.1 Å². The lowest BCUT2D eigenvalue weighted by molar-refractivity contribution is 0.0955. The summed E-state index contributed by atoms with van der Waals surface area (Å²) in [5.74, 6) is 1.25. The molecule has 0 aliphatic carbocycles. The van der Waals surface area contributed by atoms with Gasteiger partial charge in [0.15, 0.2) is 11.5 Å². The number of nitrogens with one attached hydrogen (secondary N) is 1. The summed E-state index contributed by atoms with van der Waals surface area (Å²) < 4.78 is 16.8. The molecule has 0 radical (unpaired) electrons. The highest BCUT2D eigenvalue weighted by molar-refractivity contribution is 14.1. The molecule has 1 amide bonds. The van der Waals surface area contributed by atoms with Crippen LogP contribution in [0.3, 0.4) is 0 Å². The van der Waals surface area contributed by atoms with Gasteiger partial charge >= 0.3 is 0 Å². The number of carbonyl (C=O) groups excluding carboxylic acids is 1. The Kier molecular flexibility index (Phi) is 6.42. The van der Waals surface area contributed by atoms with E-state index in [4.69, 9.17) is 14.2 Å². The van der Waals surface area contributed by atoms with Gasteiger partial charge in [-0.25, -0.2) is 5.43 Å². The van der Waals surface area contributed by atoms with Crippen molar-refractivity contribution < 1.29 is 19.0 Å². The number of hydrogen-bond acceptors (Lipinski definition) is 5. The lowest BCUT2D eigenvalue weighted by atomic mass is 10.2. The molecule has 126 valence electrons. The second-order valence-corrected chi connectivity index (χ2v) is 5.91. The third kappa shape index (κ3) is 4.38. The smallest absolute Gasteiger partial charge is 0.271 e. The molecule has 0 saturated carbocycles. The zero-order chi connectivity index (χ0) is 17.5. The Morgan fingerprint density at radius 2 is 1.75 bits per heavy atom. The van der Waals surface area contributed by atoms with Crippen LogP contribution in [0.2, 0.25) is 0 Å². The van der Waals surface area contributed by atoms with Crippen molar-refractivity contribution in [1.82, 2.24) is 5.43 Å². The molecule has 6 nitrogen and oxygen atoms in total. The van der Waals surface area contributed by atoms with Gasteiger partial charge in [0, 0.05) is 14.7 Å². The largest absolute Gasteiger partial charge is 0.493 e. The Bertz CT molecular complexity index is 737. The first kappa shape index (κ1) is 18.1. The number of hydrogen-bond donors (Lipinski definition) is 1. The maximum Gasteiger partial charge on any atom is 0.271 e. The summed E-state index contributed by atoms with van der Waals surface area (Å²) >= 11 is 2.15. The molecule has 0 heterocycles. The number of nitrogens with zero attached hydrogens (tertiary/aromatic N) is 1. The Balaban J connectivity index is 2.15. The van der Waals surface area contributed by atoms with Gasteiger partial charge in [0.05, 0.1) is 27.5 Å². The maximum absolute atomic E-state index is 12.0. The summed E-state index contributed by atoms with van der Waals surface area (Å²) in [4.78, 5) is 12.0. The SMILES string of the molecule is COc1cc(/C=N\NC(=O)c2cccc(I)c2)cc(OC)c1OC. The van der Waals surface area contributed by atoms with Gasteiger partial charge in [-0.3, -0.25) is 4.79 Å². The van der Waals surface area contributed by atoms with Crippen LogP contribution >= 0.6 is 22.6 Å². The molecule has 2 rings (SSSR count). The van der Waals surface area contributed by atoms with Crippen molar-refractivity contribution in [3.8, 4) is 17.2 Å². The van der Waals surface area contributed by atoms with Crippen molar-refractivity contribution in [2.75, 3.05) is 21.3 Å². The van der Waals surface area contributed by atoms with E-state index in [0.29, 0.717) is 28.4 Å². The normalized spacial score (nSPS) is 10.5. The van der Waals surface area contributed by atoms with Gasteiger partial charge in [0.2, 0.25) is 5.75 Å². The van der Waals surface area contributed by atoms with E-state index >= 15 is 0 Å². The zero-order valence-corrected chi connectivity index (χ0v) is 15.7. The highest BCUT2D eigenvalue weighted by Gasteiger charge is 2.12. The first-order valence-corrected chi connectivity index (χ1v) is 8.06. The van der Waals surface area contributed by atoms with E-state index in [0.717, 1.165) is 3.57 Å². The van der Waals surface area contributed by atoms with E-state index in [9.17, 15) is 4.79 Å². The number of amides is 1. The quantitative estimate of drug-likeness (QED) is 0.426. The second-order valence-electron chi connectivity index (χ2n) is 4.67. The molecule has 0 saturated heterocycles. The number of carbonyl (C=O) groups is 1. The molecule has 0 aliphatic rings. The molecule has 0 aliphatic heterocycles. The van der Waals surface area contributed by atoms with Crippen molar-refractivity contribution in [3.63, 3.8) is 0 Å². The van der Waals surface area contributed by atoms with Gasteiger partial charge < -0.3 is 14.2 Å². The number of halogens is 1. The van der Waals surface area contributed by atoms with Crippen LogP contribution in [0.15, 0.2) is 41.5 Å². The molecule has 1 N–H and O–H groups in total. The summed E-state index contributed by atoms with van der Waals surface area (Å²) in [6.07, 6.45) is 1.51. The van der Waals surface area contributed by atoms with Crippen LogP contribution in [0.5, 0.6) is 17.2 Å². The zero-order valence-electron chi connectivity index (χ0n) is 13.5. The van der Waals surface area contributed by atoms with Crippen LogP contribution in [0, 0.1) is 3.57 Å². The van der Waals surface area contributed by atoms with E-state index in [-0.39, 0.29) is 5.91 Å². The molecule has 0 fully saturated rings. The van der Waals surface area contributed by atoms with Gasteiger partial charge in [-0.2, -0.15) is 5.10 Å². The summed E-state index contributed by atoms with van der Waals surface area (Å²) in [5, 5.41) is 3.97. The summed E-state index contributed by atoms with van der Waals surface area (Å²) in [6, 6.07) is 10.7. The monoisotopic (exact) mass is 440 g/mol. The molecule has 0 spiro atoms. The van der Waals surface area contributed by atoms with Crippen LogP contribution in [0.4, 0.5) is 0 Å². The highest BCUT2D eigenvalue weighted by Crippen LogP contribution is 2.37. The molecule has 2 aromatic rings.